The van der Waals surface area contributed by atoms with Crippen molar-refractivity contribution in [2.75, 3.05) is 11.6 Å². The topological polar surface area (TPSA) is 72.0 Å². The Bertz CT molecular complexity index is 713. The number of benzene rings is 1. The Kier molecular flexibility index (Phi) is 4.62. The minimum absolute atomic E-state index is 0.234. The van der Waals surface area contributed by atoms with Gasteiger partial charge in [-0.05, 0) is 18.6 Å². The monoisotopic (exact) mass is 331 g/mol. The molecule has 0 saturated carbocycles. The number of aryl methyl sites for hydroxylation is 1. The number of sulfone groups is 1. The molecule has 0 aliphatic carbocycles. The zero-order valence-electron chi connectivity index (χ0n) is 11.1. The van der Waals surface area contributed by atoms with E-state index in [0.29, 0.717) is 22.3 Å². The van der Waals surface area contributed by atoms with E-state index in [1.165, 1.54) is 17.6 Å². The fraction of sp³-hybridized carbons (Fsp3) is 0.333. The summed E-state index contributed by atoms with van der Waals surface area (Å²) in [5.41, 5.74) is 0.546. The van der Waals surface area contributed by atoms with E-state index in [1.54, 1.807) is 18.2 Å². The van der Waals surface area contributed by atoms with Gasteiger partial charge in [0.25, 0.3) is 0 Å². The minimum atomic E-state index is -3.32. The van der Waals surface area contributed by atoms with Gasteiger partial charge in [0.15, 0.2) is 9.84 Å². The Labute approximate surface area is 126 Å². The third-order valence-electron chi connectivity index (χ3n) is 2.66. The van der Waals surface area contributed by atoms with Crippen LogP contribution in [-0.4, -0.2) is 24.9 Å². The summed E-state index contributed by atoms with van der Waals surface area (Å²) in [5, 5.41) is 13.0. The maximum absolute atomic E-state index is 11.8. The van der Waals surface area contributed by atoms with Crippen molar-refractivity contribution in [3.8, 4) is 0 Å². The Morgan fingerprint density at radius 2 is 2.10 bits per heavy atom. The van der Waals surface area contributed by atoms with Crippen molar-refractivity contribution in [3.05, 3.63) is 33.8 Å². The largest absolute Gasteiger partial charge is 0.356 e. The maximum Gasteiger partial charge on any atom is 0.205 e. The van der Waals surface area contributed by atoms with Gasteiger partial charge in [-0.25, -0.2) is 8.42 Å². The Morgan fingerprint density at radius 1 is 1.35 bits per heavy atom. The summed E-state index contributed by atoms with van der Waals surface area (Å²) in [6.07, 6.45) is 1.99. The summed E-state index contributed by atoms with van der Waals surface area (Å²) in [4.78, 5) is 0.234. The van der Waals surface area contributed by atoms with E-state index in [-0.39, 0.29) is 4.90 Å². The summed E-state index contributed by atoms with van der Waals surface area (Å²) in [6, 6.07) is 4.85. The van der Waals surface area contributed by atoms with E-state index < -0.39 is 9.84 Å². The van der Waals surface area contributed by atoms with Gasteiger partial charge in [-0.2, -0.15) is 0 Å². The van der Waals surface area contributed by atoms with Crippen molar-refractivity contribution >= 4 is 37.9 Å². The van der Waals surface area contributed by atoms with E-state index in [1.807, 2.05) is 6.92 Å². The first-order valence-corrected chi connectivity index (χ1v) is 9.04. The third-order valence-corrected chi connectivity index (χ3v) is 5.22. The number of halogens is 1. The SMILES string of the molecule is CCc1nnc(NCc2c(Cl)cccc2S(C)(=O)=O)s1. The van der Waals surface area contributed by atoms with Crippen LogP contribution in [0.1, 0.15) is 17.5 Å². The Hall–Kier alpha value is -1.18. The fourth-order valence-electron chi connectivity index (χ4n) is 1.69. The molecule has 0 unspecified atom stereocenters. The average Bonchev–Trinajstić information content (AvgIpc) is 2.84. The van der Waals surface area contributed by atoms with Gasteiger partial charge in [-0.15, -0.1) is 10.2 Å². The van der Waals surface area contributed by atoms with Gasteiger partial charge in [0.2, 0.25) is 5.13 Å². The highest BCUT2D eigenvalue weighted by Crippen LogP contribution is 2.25. The van der Waals surface area contributed by atoms with Crippen LogP contribution in [0, 0.1) is 0 Å². The predicted molar refractivity (Wildman–Crippen MR) is 81.2 cm³/mol. The van der Waals surface area contributed by atoms with Gasteiger partial charge in [0.05, 0.1) is 4.90 Å². The first-order chi connectivity index (χ1) is 9.41. The smallest absolute Gasteiger partial charge is 0.205 e. The molecule has 108 valence electrons. The standard InChI is InChI=1S/C12H14ClN3O2S2/c1-3-11-15-16-12(19-11)14-7-8-9(13)5-4-6-10(8)20(2,17)18/h4-6H,3,7H2,1-2H3,(H,14,16). The molecule has 1 aromatic carbocycles. The molecule has 0 fully saturated rings. The van der Waals surface area contributed by atoms with E-state index >= 15 is 0 Å². The zero-order valence-corrected chi connectivity index (χ0v) is 13.4. The summed E-state index contributed by atoms with van der Waals surface area (Å²) >= 11 is 7.54. The molecule has 20 heavy (non-hydrogen) atoms. The Morgan fingerprint density at radius 3 is 2.70 bits per heavy atom. The molecule has 0 radical (unpaired) electrons. The van der Waals surface area contributed by atoms with Crippen LogP contribution in [0.3, 0.4) is 0 Å². The van der Waals surface area contributed by atoms with Crippen molar-refractivity contribution in [2.24, 2.45) is 0 Å². The third kappa shape index (κ3) is 3.47. The highest BCUT2D eigenvalue weighted by atomic mass is 35.5. The Balaban J connectivity index is 2.25. The molecule has 1 N–H and O–H groups in total. The van der Waals surface area contributed by atoms with Crippen molar-refractivity contribution in [1.82, 2.24) is 10.2 Å². The quantitative estimate of drug-likeness (QED) is 0.912. The lowest BCUT2D eigenvalue weighted by Crippen LogP contribution is -2.07. The predicted octanol–water partition coefficient (Wildman–Crippen LogP) is 2.77. The molecular weight excluding hydrogens is 318 g/mol. The fourth-order valence-corrected chi connectivity index (χ4v) is 3.62. The molecule has 0 aliphatic heterocycles. The molecule has 1 heterocycles. The molecule has 0 spiro atoms. The first-order valence-electron chi connectivity index (χ1n) is 5.95. The highest BCUT2D eigenvalue weighted by molar-refractivity contribution is 7.90. The van der Waals surface area contributed by atoms with Crippen molar-refractivity contribution in [3.63, 3.8) is 0 Å². The maximum atomic E-state index is 11.8. The number of rotatable bonds is 5. The summed E-state index contributed by atoms with van der Waals surface area (Å²) in [5.74, 6) is 0. The van der Waals surface area contributed by atoms with E-state index in [9.17, 15) is 8.42 Å². The number of nitrogens with zero attached hydrogens (tertiary/aromatic N) is 2. The van der Waals surface area contributed by atoms with Gasteiger partial charge < -0.3 is 5.32 Å². The first kappa shape index (κ1) is 15.2. The lowest BCUT2D eigenvalue weighted by Gasteiger charge is -2.10. The van der Waals surface area contributed by atoms with Crippen LogP contribution in [0.15, 0.2) is 23.1 Å². The molecule has 0 amide bonds. The number of nitrogens with one attached hydrogen (secondary N) is 1. The zero-order chi connectivity index (χ0) is 14.8. The second kappa shape index (κ2) is 6.07. The number of anilines is 1. The van der Waals surface area contributed by atoms with Crippen LogP contribution in [0.2, 0.25) is 5.02 Å². The van der Waals surface area contributed by atoms with Crippen LogP contribution in [0.4, 0.5) is 5.13 Å². The minimum Gasteiger partial charge on any atom is -0.356 e. The van der Waals surface area contributed by atoms with Crippen LogP contribution >= 0.6 is 22.9 Å². The molecule has 2 aromatic rings. The molecule has 2 rings (SSSR count). The second-order valence-electron chi connectivity index (χ2n) is 4.20. The molecule has 0 bridgehead atoms. The van der Waals surface area contributed by atoms with Gasteiger partial charge >= 0.3 is 0 Å². The van der Waals surface area contributed by atoms with Gasteiger partial charge in [-0.1, -0.05) is 35.9 Å². The van der Waals surface area contributed by atoms with Crippen LogP contribution < -0.4 is 5.32 Å². The van der Waals surface area contributed by atoms with E-state index in [4.69, 9.17) is 11.6 Å². The molecule has 1 aromatic heterocycles. The highest BCUT2D eigenvalue weighted by Gasteiger charge is 2.16. The van der Waals surface area contributed by atoms with E-state index in [2.05, 4.69) is 15.5 Å². The summed E-state index contributed by atoms with van der Waals surface area (Å²) in [6.45, 7) is 2.29. The van der Waals surface area contributed by atoms with Gasteiger partial charge in [0.1, 0.15) is 5.01 Å². The summed E-state index contributed by atoms with van der Waals surface area (Å²) < 4.78 is 23.5. The van der Waals surface area contributed by atoms with Crippen LogP contribution in [0.5, 0.6) is 0 Å². The second-order valence-corrected chi connectivity index (χ2v) is 7.65. The lowest BCUT2D eigenvalue weighted by molar-refractivity contribution is 0.601. The van der Waals surface area contributed by atoms with Crippen molar-refractivity contribution < 1.29 is 8.42 Å². The van der Waals surface area contributed by atoms with E-state index in [0.717, 1.165) is 11.4 Å². The molecule has 5 nitrogen and oxygen atoms in total. The van der Waals surface area contributed by atoms with Crippen LogP contribution in [0.25, 0.3) is 0 Å². The molecule has 8 heteroatoms. The summed E-state index contributed by atoms with van der Waals surface area (Å²) in [7, 11) is -3.32. The van der Waals surface area contributed by atoms with Gasteiger partial charge in [0, 0.05) is 23.4 Å². The number of aromatic nitrogens is 2. The van der Waals surface area contributed by atoms with Crippen molar-refractivity contribution in [2.45, 2.75) is 24.8 Å². The lowest BCUT2D eigenvalue weighted by atomic mass is 10.2. The average molecular weight is 332 g/mol. The number of hydrogen-bond acceptors (Lipinski definition) is 6. The molecule has 0 aliphatic rings. The molecule has 0 saturated heterocycles. The molecular formula is C12H14ClN3O2S2. The normalized spacial score (nSPS) is 11.6. The van der Waals surface area contributed by atoms with Crippen molar-refractivity contribution in [1.29, 1.82) is 0 Å². The number of hydrogen-bond donors (Lipinski definition) is 1. The van der Waals surface area contributed by atoms with Crippen LogP contribution in [-0.2, 0) is 22.8 Å². The molecule has 0 atom stereocenters. The van der Waals surface area contributed by atoms with Gasteiger partial charge in [-0.3, -0.25) is 0 Å².